The van der Waals surface area contributed by atoms with Gasteiger partial charge in [-0.2, -0.15) is 0 Å². The Morgan fingerprint density at radius 2 is 0.765 bits per heavy atom. The van der Waals surface area contributed by atoms with Gasteiger partial charge in [0.15, 0.2) is 0 Å². The molecule has 0 amide bonds. The summed E-state index contributed by atoms with van der Waals surface area (Å²) in [6, 6.07) is 94.4. The smallest absolute Gasteiger partial charge is 0.143 e. The Morgan fingerprint density at radius 3 is 1.46 bits per heavy atom. The Hall–Kier alpha value is -8.98. The molecule has 0 aliphatic heterocycles. The van der Waals surface area contributed by atoms with Crippen molar-refractivity contribution in [1.29, 1.82) is 0 Å². The highest BCUT2D eigenvalue weighted by molar-refractivity contribution is 6.22. The third kappa shape index (κ3) is 6.73. The Kier molecular flexibility index (Phi) is 9.54. The molecule has 2 nitrogen and oxygen atoms in total. The van der Waals surface area contributed by atoms with Gasteiger partial charge in [-0.3, -0.25) is 0 Å². The van der Waals surface area contributed by atoms with Gasteiger partial charge < -0.3 is 9.32 Å². The first-order valence-corrected chi connectivity index (χ1v) is 23.3. The predicted molar refractivity (Wildman–Crippen MR) is 288 cm³/mol. The second-order valence-electron chi connectivity index (χ2n) is 17.6. The molecule has 1 aromatic heterocycles. The number of anilines is 3. The summed E-state index contributed by atoms with van der Waals surface area (Å²) in [7, 11) is 0. The fraction of sp³-hybridized carbons (Fsp3) is 0. The van der Waals surface area contributed by atoms with E-state index in [1.807, 2.05) is 0 Å². The first kappa shape index (κ1) is 39.4. The summed E-state index contributed by atoms with van der Waals surface area (Å²) in [5, 5.41) is 9.54. The Balaban J connectivity index is 0.949. The van der Waals surface area contributed by atoms with Crippen LogP contribution < -0.4 is 4.90 Å². The number of hydrogen-bond donors (Lipinski definition) is 0. The average Bonchev–Trinajstić information content (AvgIpc) is 3.81. The lowest BCUT2D eigenvalue weighted by molar-refractivity contribution is 0.673. The molecule has 0 N–H and O–H groups in total. The van der Waals surface area contributed by atoms with E-state index in [4.69, 9.17) is 4.42 Å². The number of benzene rings is 12. The summed E-state index contributed by atoms with van der Waals surface area (Å²) in [4.78, 5) is 2.37. The third-order valence-electron chi connectivity index (χ3n) is 13.6. The third-order valence-corrected chi connectivity index (χ3v) is 13.6. The van der Waals surface area contributed by atoms with Crippen molar-refractivity contribution in [2.75, 3.05) is 4.90 Å². The highest BCUT2D eigenvalue weighted by Gasteiger charge is 2.20. The van der Waals surface area contributed by atoms with Gasteiger partial charge in [-0.05, 0) is 137 Å². The van der Waals surface area contributed by atoms with Crippen molar-refractivity contribution in [2.24, 2.45) is 0 Å². The molecule has 0 bridgehead atoms. The van der Waals surface area contributed by atoms with Crippen LogP contribution in [0.4, 0.5) is 17.1 Å². The monoisotopic (exact) mass is 865 g/mol. The Morgan fingerprint density at radius 1 is 0.265 bits per heavy atom. The van der Waals surface area contributed by atoms with Crippen LogP contribution in [0.1, 0.15) is 0 Å². The summed E-state index contributed by atoms with van der Waals surface area (Å²) in [5.41, 5.74) is 16.9. The predicted octanol–water partition coefficient (Wildman–Crippen LogP) is 18.9. The van der Waals surface area contributed by atoms with Gasteiger partial charge in [0.1, 0.15) is 11.2 Å². The maximum absolute atomic E-state index is 6.63. The molecule has 68 heavy (non-hydrogen) atoms. The number of fused-ring (bicyclic) bond motifs is 8. The average molecular weight is 866 g/mol. The molecule has 0 spiro atoms. The quantitative estimate of drug-likeness (QED) is 0.142. The van der Waals surface area contributed by atoms with E-state index < -0.39 is 0 Å². The largest absolute Gasteiger partial charge is 0.455 e. The minimum absolute atomic E-state index is 0.886. The molecule has 0 unspecified atom stereocenters. The van der Waals surface area contributed by atoms with E-state index in [0.717, 1.165) is 61.1 Å². The Labute approximate surface area is 395 Å². The topological polar surface area (TPSA) is 16.4 Å². The van der Waals surface area contributed by atoms with Crippen LogP contribution in [0.3, 0.4) is 0 Å². The summed E-state index contributed by atoms with van der Waals surface area (Å²) in [6.45, 7) is 0. The lowest BCUT2D eigenvalue weighted by Crippen LogP contribution is -2.10. The summed E-state index contributed by atoms with van der Waals surface area (Å²) >= 11 is 0. The molecule has 0 saturated heterocycles. The fourth-order valence-corrected chi connectivity index (χ4v) is 10.5. The van der Waals surface area contributed by atoms with Crippen LogP contribution in [0, 0.1) is 0 Å². The maximum atomic E-state index is 6.63. The molecular formula is C66H43NO. The molecule has 1 heterocycles. The van der Waals surface area contributed by atoms with Crippen LogP contribution in [0.2, 0.25) is 0 Å². The van der Waals surface area contributed by atoms with Crippen molar-refractivity contribution in [3.63, 3.8) is 0 Å². The van der Waals surface area contributed by atoms with Crippen molar-refractivity contribution < 1.29 is 4.42 Å². The molecule has 0 aliphatic carbocycles. The van der Waals surface area contributed by atoms with Crippen LogP contribution in [0.15, 0.2) is 265 Å². The minimum Gasteiger partial charge on any atom is -0.455 e. The van der Waals surface area contributed by atoms with E-state index in [9.17, 15) is 0 Å². The maximum Gasteiger partial charge on any atom is 0.143 e. The van der Waals surface area contributed by atoms with Crippen molar-refractivity contribution in [1.82, 2.24) is 0 Å². The van der Waals surface area contributed by atoms with Gasteiger partial charge in [-0.25, -0.2) is 0 Å². The molecule has 0 atom stereocenters. The lowest BCUT2D eigenvalue weighted by atomic mass is 9.84. The zero-order chi connectivity index (χ0) is 45.0. The van der Waals surface area contributed by atoms with Gasteiger partial charge in [0, 0.05) is 33.2 Å². The summed E-state index contributed by atoms with van der Waals surface area (Å²) in [5.74, 6) is 0. The van der Waals surface area contributed by atoms with Crippen LogP contribution in [0.25, 0.3) is 110 Å². The van der Waals surface area contributed by atoms with Crippen LogP contribution in [0.5, 0.6) is 0 Å². The van der Waals surface area contributed by atoms with E-state index >= 15 is 0 Å². The highest BCUT2D eigenvalue weighted by Crippen LogP contribution is 2.47. The minimum atomic E-state index is 0.886. The van der Waals surface area contributed by atoms with Crippen molar-refractivity contribution >= 4 is 71.3 Å². The van der Waals surface area contributed by atoms with Crippen molar-refractivity contribution in [3.8, 4) is 55.6 Å². The number of nitrogens with zero attached hydrogens (tertiary/aromatic N) is 1. The van der Waals surface area contributed by atoms with E-state index in [1.165, 1.54) is 65.9 Å². The molecule has 0 saturated carbocycles. The second kappa shape index (κ2) is 16.5. The molecule has 318 valence electrons. The SMILES string of the molecule is c1ccc(-c2ccc(N(c3ccc(-c4ccc5c(c4)c(-c4ccccc4)c(-c4ccccc4)c4ccccc45)cc3)c3cccc(-c4cccc5oc6c7ccccc7ccc6c45)c3)cc2)cc1. The first-order valence-electron chi connectivity index (χ1n) is 23.3. The van der Waals surface area contributed by atoms with Gasteiger partial charge in [-0.1, -0.05) is 206 Å². The van der Waals surface area contributed by atoms with Gasteiger partial charge >= 0.3 is 0 Å². The molecule has 13 aromatic rings. The van der Waals surface area contributed by atoms with Crippen molar-refractivity contribution in [2.45, 2.75) is 0 Å². The second-order valence-corrected chi connectivity index (χ2v) is 17.6. The van der Waals surface area contributed by atoms with Gasteiger partial charge in [0.05, 0.1) is 0 Å². The van der Waals surface area contributed by atoms with Crippen LogP contribution >= 0.6 is 0 Å². The lowest BCUT2D eigenvalue weighted by Gasteiger charge is -2.26. The summed E-state index contributed by atoms with van der Waals surface area (Å²) < 4.78 is 6.63. The zero-order valence-electron chi connectivity index (χ0n) is 37.2. The molecule has 13 rings (SSSR count). The molecule has 0 fully saturated rings. The summed E-state index contributed by atoms with van der Waals surface area (Å²) in [6.07, 6.45) is 0. The number of furan rings is 1. The van der Waals surface area contributed by atoms with Gasteiger partial charge in [0.25, 0.3) is 0 Å². The first-order chi connectivity index (χ1) is 33.7. The van der Waals surface area contributed by atoms with E-state index in [2.05, 4.69) is 266 Å². The zero-order valence-corrected chi connectivity index (χ0v) is 37.2. The number of hydrogen-bond acceptors (Lipinski definition) is 2. The molecule has 2 heteroatoms. The Bertz CT molecular complexity index is 3990. The van der Waals surface area contributed by atoms with E-state index in [-0.39, 0.29) is 0 Å². The normalized spacial score (nSPS) is 11.5. The van der Waals surface area contributed by atoms with Crippen molar-refractivity contribution in [3.05, 3.63) is 261 Å². The number of rotatable bonds is 8. The van der Waals surface area contributed by atoms with E-state index in [0.29, 0.717) is 0 Å². The van der Waals surface area contributed by atoms with Gasteiger partial charge in [-0.15, -0.1) is 0 Å². The fourth-order valence-electron chi connectivity index (χ4n) is 10.5. The van der Waals surface area contributed by atoms with Crippen LogP contribution in [-0.2, 0) is 0 Å². The molecular weight excluding hydrogens is 823 g/mol. The van der Waals surface area contributed by atoms with Crippen LogP contribution in [-0.4, -0.2) is 0 Å². The van der Waals surface area contributed by atoms with Gasteiger partial charge in [0.2, 0.25) is 0 Å². The molecule has 12 aromatic carbocycles. The molecule has 0 radical (unpaired) electrons. The molecule has 0 aliphatic rings. The highest BCUT2D eigenvalue weighted by atomic mass is 16.3. The standard InChI is InChI=1S/C66H43NO/c1-4-16-44(17-5-1)45-30-36-52(37-31-45)67(54-24-14-23-51(42-54)55-28-15-29-62-65(55)60-41-34-47-18-10-11-25-56(47)66(60)68-62)53-38-32-46(33-39-53)50-35-40-58-57-26-12-13-27-59(57)63(48-19-6-2-7-20-48)64(61(58)43-50)49-21-8-3-9-22-49/h1-43H. The van der Waals surface area contributed by atoms with E-state index in [1.54, 1.807) is 0 Å².